The maximum absolute atomic E-state index is 5.32. The molecule has 0 atom stereocenters. The molecule has 1 nitrogen and oxygen atoms in total. The zero-order valence-corrected chi connectivity index (χ0v) is 8.34. The molecule has 1 aromatic rings. The van der Waals surface area contributed by atoms with Crippen LogP contribution in [0.4, 0.5) is 0 Å². The molecule has 0 bridgehead atoms. The van der Waals surface area contributed by atoms with Crippen molar-refractivity contribution in [3.05, 3.63) is 42.0 Å². The molecule has 0 N–H and O–H groups in total. The molecule has 0 fully saturated rings. The Kier molecular flexibility index (Phi) is 3.71. The quantitative estimate of drug-likeness (QED) is 0.684. The Morgan fingerprint density at radius 3 is 2.85 bits per heavy atom. The highest BCUT2D eigenvalue weighted by molar-refractivity contribution is 5.61. The highest BCUT2D eigenvalue weighted by atomic mass is 16.5. The molecule has 0 radical (unpaired) electrons. The molecule has 0 unspecified atom stereocenters. The fraction of sp³-hybridized carbons (Fsp3) is 0.333. The maximum Gasteiger partial charge on any atom is 0.0716 e. The fourth-order valence-electron chi connectivity index (χ4n) is 1.15. The summed E-state index contributed by atoms with van der Waals surface area (Å²) in [7, 11) is 0. The standard InChI is InChI=1S/C12H16O/c1-4-13-9-11-6-5-7-12(8-11)10(2)3/h5-8H,2,4,9H2,1,3H3. The van der Waals surface area contributed by atoms with Gasteiger partial charge in [0.2, 0.25) is 0 Å². The van der Waals surface area contributed by atoms with Gasteiger partial charge in [0.1, 0.15) is 0 Å². The molecule has 70 valence electrons. The molecule has 0 aliphatic rings. The van der Waals surface area contributed by atoms with Crippen LogP contribution in [0, 0.1) is 0 Å². The van der Waals surface area contributed by atoms with Crippen LogP contribution in [-0.4, -0.2) is 6.61 Å². The van der Waals surface area contributed by atoms with Crippen LogP contribution in [0.3, 0.4) is 0 Å². The largest absolute Gasteiger partial charge is 0.377 e. The van der Waals surface area contributed by atoms with E-state index in [-0.39, 0.29) is 0 Å². The van der Waals surface area contributed by atoms with E-state index < -0.39 is 0 Å². The van der Waals surface area contributed by atoms with Crippen molar-refractivity contribution in [3.63, 3.8) is 0 Å². The summed E-state index contributed by atoms with van der Waals surface area (Å²) in [5, 5.41) is 0. The number of hydrogen-bond acceptors (Lipinski definition) is 1. The third-order valence-corrected chi connectivity index (χ3v) is 1.89. The number of rotatable bonds is 4. The maximum atomic E-state index is 5.32. The number of benzene rings is 1. The molecule has 1 heteroatoms. The monoisotopic (exact) mass is 176 g/mol. The van der Waals surface area contributed by atoms with E-state index in [9.17, 15) is 0 Å². The van der Waals surface area contributed by atoms with Crippen molar-refractivity contribution in [2.24, 2.45) is 0 Å². The normalized spacial score (nSPS) is 10.0. The second-order valence-electron chi connectivity index (χ2n) is 3.12. The fourth-order valence-corrected chi connectivity index (χ4v) is 1.15. The van der Waals surface area contributed by atoms with Crippen LogP contribution in [0.2, 0.25) is 0 Å². The molecule has 0 heterocycles. The summed E-state index contributed by atoms with van der Waals surface area (Å²) < 4.78 is 5.32. The summed E-state index contributed by atoms with van der Waals surface area (Å²) in [6.07, 6.45) is 0. The van der Waals surface area contributed by atoms with E-state index in [1.54, 1.807) is 0 Å². The topological polar surface area (TPSA) is 9.23 Å². The molecule has 1 rings (SSSR count). The molecule has 13 heavy (non-hydrogen) atoms. The molecular formula is C12H16O. The molecular weight excluding hydrogens is 160 g/mol. The molecule has 0 amide bonds. The predicted molar refractivity (Wildman–Crippen MR) is 56.5 cm³/mol. The third kappa shape index (κ3) is 3.03. The lowest BCUT2D eigenvalue weighted by atomic mass is 10.1. The minimum atomic E-state index is 0.692. The minimum absolute atomic E-state index is 0.692. The summed E-state index contributed by atoms with van der Waals surface area (Å²) in [6.45, 7) is 9.38. The van der Waals surface area contributed by atoms with Gasteiger partial charge in [0.15, 0.2) is 0 Å². The van der Waals surface area contributed by atoms with E-state index in [4.69, 9.17) is 4.74 Å². The molecule has 0 saturated heterocycles. The second kappa shape index (κ2) is 4.83. The third-order valence-electron chi connectivity index (χ3n) is 1.89. The van der Waals surface area contributed by atoms with Gasteiger partial charge >= 0.3 is 0 Å². The van der Waals surface area contributed by atoms with Gasteiger partial charge in [0.25, 0.3) is 0 Å². The van der Waals surface area contributed by atoms with Crippen LogP contribution in [0.25, 0.3) is 5.57 Å². The summed E-state index contributed by atoms with van der Waals surface area (Å²) in [4.78, 5) is 0. The Morgan fingerprint density at radius 2 is 2.23 bits per heavy atom. The van der Waals surface area contributed by atoms with Gasteiger partial charge in [-0.05, 0) is 31.0 Å². The Balaban J connectivity index is 2.73. The SMILES string of the molecule is C=C(C)c1cccc(COCC)c1. The van der Waals surface area contributed by atoms with E-state index in [2.05, 4.69) is 24.8 Å². The number of ether oxygens (including phenoxy) is 1. The van der Waals surface area contributed by atoms with Crippen molar-refractivity contribution in [1.29, 1.82) is 0 Å². The Morgan fingerprint density at radius 1 is 1.46 bits per heavy atom. The summed E-state index contributed by atoms with van der Waals surface area (Å²) in [5.74, 6) is 0. The first kappa shape index (κ1) is 10.0. The van der Waals surface area contributed by atoms with Crippen molar-refractivity contribution < 1.29 is 4.74 Å². The average molecular weight is 176 g/mol. The highest BCUT2D eigenvalue weighted by Crippen LogP contribution is 2.13. The van der Waals surface area contributed by atoms with Crippen molar-refractivity contribution >= 4 is 5.57 Å². The first-order chi connectivity index (χ1) is 6.24. The van der Waals surface area contributed by atoms with Gasteiger partial charge in [-0.25, -0.2) is 0 Å². The Bertz CT molecular complexity index is 289. The van der Waals surface area contributed by atoms with Gasteiger partial charge in [0.05, 0.1) is 6.61 Å². The summed E-state index contributed by atoms with van der Waals surface area (Å²) in [6, 6.07) is 8.30. The lowest BCUT2D eigenvalue weighted by molar-refractivity contribution is 0.134. The van der Waals surface area contributed by atoms with Gasteiger partial charge in [-0.2, -0.15) is 0 Å². The van der Waals surface area contributed by atoms with E-state index in [0.717, 1.165) is 12.2 Å². The molecule has 1 aromatic carbocycles. The molecule has 0 aliphatic heterocycles. The molecule has 0 aliphatic carbocycles. The first-order valence-corrected chi connectivity index (χ1v) is 4.56. The van der Waals surface area contributed by atoms with E-state index in [1.807, 2.05) is 19.9 Å². The lowest BCUT2D eigenvalue weighted by Crippen LogP contribution is -1.92. The van der Waals surface area contributed by atoms with Crippen LogP contribution in [0.5, 0.6) is 0 Å². The van der Waals surface area contributed by atoms with Crippen LogP contribution >= 0.6 is 0 Å². The van der Waals surface area contributed by atoms with Crippen LogP contribution in [0.1, 0.15) is 25.0 Å². The minimum Gasteiger partial charge on any atom is -0.377 e. The van der Waals surface area contributed by atoms with Gasteiger partial charge in [-0.15, -0.1) is 0 Å². The Labute approximate surface area is 80.0 Å². The van der Waals surface area contributed by atoms with Crippen molar-refractivity contribution in [2.75, 3.05) is 6.61 Å². The molecule has 0 aromatic heterocycles. The summed E-state index contributed by atoms with van der Waals surface area (Å²) >= 11 is 0. The zero-order chi connectivity index (χ0) is 9.68. The van der Waals surface area contributed by atoms with Gasteiger partial charge < -0.3 is 4.74 Å². The van der Waals surface area contributed by atoms with Crippen LogP contribution < -0.4 is 0 Å². The molecule has 0 spiro atoms. The van der Waals surface area contributed by atoms with Crippen molar-refractivity contribution in [2.45, 2.75) is 20.5 Å². The van der Waals surface area contributed by atoms with E-state index in [0.29, 0.717) is 6.61 Å². The zero-order valence-electron chi connectivity index (χ0n) is 8.34. The van der Waals surface area contributed by atoms with Crippen molar-refractivity contribution in [1.82, 2.24) is 0 Å². The first-order valence-electron chi connectivity index (χ1n) is 4.56. The predicted octanol–water partition coefficient (Wildman–Crippen LogP) is 3.26. The van der Waals surface area contributed by atoms with E-state index >= 15 is 0 Å². The molecule has 0 saturated carbocycles. The number of hydrogen-bond donors (Lipinski definition) is 0. The number of allylic oxidation sites excluding steroid dienone is 1. The van der Waals surface area contributed by atoms with Gasteiger partial charge in [-0.3, -0.25) is 0 Å². The van der Waals surface area contributed by atoms with Gasteiger partial charge in [0, 0.05) is 6.61 Å². The second-order valence-corrected chi connectivity index (χ2v) is 3.12. The van der Waals surface area contributed by atoms with Gasteiger partial charge in [-0.1, -0.05) is 30.4 Å². The summed E-state index contributed by atoms with van der Waals surface area (Å²) in [5.41, 5.74) is 3.50. The average Bonchev–Trinajstić information content (AvgIpc) is 2.15. The van der Waals surface area contributed by atoms with E-state index in [1.165, 1.54) is 11.1 Å². The highest BCUT2D eigenvalue weighted by Gasteiger charge is 1.95. The van der Waals surface area contributed by atoms with Crippen LogP contribution in [-0.2, 0) is 11.3 Å². The van der Waals surface area contributed by atoms with Crippen LogP contribution in [0.15, 0.2) is 30.8 Å². The Hall–Kier alpha value is -1.08. The lowest BCUT2D eigenvalue weighted by Gasteiger charge is -2.04. The van der Waals surface area contributed by atoms with Crippen molar-refractivity contribution in [3.8, 4) is 0 Å². The smallest absolute Gasteiger partial charge is 0.0716 e.